The Labute approximate surface area is 114 Å². The lowest BCUT2D eigenvalue weighted by atomic mass is 9.99. The molecule has 0 amide bonds. The van der Waals surface area contributed by atoms with Crippen molar-refractivity contribution >= 4 is 0 Å². The van der Waals surface area contributed by atoms with E-state index in [9.17, 15) is 4.39 Å². The van der Waals surface area contributed by atoms with Crippen molar-refractivity contribution in [3.63, 3.8) is 0 Å². The van der Waals surface area contributed by atoms with E-state index >= 15 is 0 Å². The molecule has 4 heteroatoms. The van der Waals surface area contributed by atoms with Crippen LogP contribution in [-0.4, -0.2) is 19.6 Å². The number of benzene rings is 1. The van der Waals surface area contributed by atoms with Crippen LogP contribution in [0.25, 0.3) is 0 Å². The molecule has 0 spiro atoms. The Morgan fingerprint density at radius 2 is 1.95 bits per heavy atom. The lowest BCUT2D eigenvalue weighted by molar-refractivity contribution is 0.486. The van der Waals surface area contributed by atoms with Gasteiger partial charge < -0.3 is 5.32 Å². The first-order valence-electron chi connectivity index (χ1n) is 7.20. The Hall–Kier alpha value is -0.970. The van der Waals surface area contributed by atoms with Gasteiger partial charge in [0.1, 0.15) is 5.82 Å². The van der Waals surface area contributed by atoms with Gasteiger partial charge in [-0.2, -0.15) is 0 Å². The maximum atomic E-state index is 12.9. The second-order valence-corrected chi connectivity index (χ2v) is 5.28. The number of halogens is 1. The maximum absolute atomic E-state index is 12.9. The minimum atomic E-state index is -0.171. The third-order valence-electron chi connectivity index (χ3n) is 3.73. The number of hydrazine groups is 1. The predicted molar refractivity (Wildman–Crippen MR) is 76.2 cm³/mol. The van der Waals surface area contributed by atoms with Crippen LogP contribution in [0.2, 0.25) is 0 Å². The van der Waals surface area contributed by atoms with Crippen molar-refractivity contribution in [2.24, 2.45) is 0 Å². The normalized spacial score (nSPS) is 22.8. The lowest BCUT2D eigenvalue weighted by Crippen LogP contribution is -2.30. The van der Waals surface area contributed by atoms with Gasteiger partial charge in [0, 0.05) is 12.1 Å². The monoisotopic (exact) mass is 265 g/mol. The van der Waals surface area contributed by atoms with E-state index in [0.717, 1.165) is 18.5 Å². The Kier molecular flexibility index (Phi) is 5.76. The summed E-state index contributed by atoms with van der Waals surface area (Å²) in [5.74, 6) is -0.171. The largest absolute Gasteiger partial charge is 0.320 e. The van der Waals surface area contributed by atoms with Gasteiger partial charge in [0.05, 0.1) is 0 Å². The molecule has 3 N–H and O–H groups in total. The summed E-state index contributed by atoms with van der Waals surface area (Å²) in [6, 6.07) is 7.63. The fraction of sp³-hybridized carbons (Fsp3) is 0.600. The first-order chi connectivity index (χ1) is 9.29. The van der Waals surface area contributed by atoms with Gasteiger partial charge in [-0.25, -0.2) is 4.39 Å². The van der Waals surface area contributed by atoms with Crippen molar-refractivity contribution in [3.05, 3.63) is 35.6 Å². The summed E-state index contributed by atoms with van der Waals surface area (Å²) in [5, 5.41) is 3.17. The highest BCUT2D eigenvalue weighted by atomic mass is 19.1. The summed E-state index contributed by atoms with van der Waals surface area (Å²) in [6.07, 6.45) is 6.07. The van der Waals surface area contributed by atoms with E-state index in [-0.39, 0.29) is 5.82 Å². The molecule has 1 aliphatic rings. The van der Waals surface area contributed by atoms with Crippen molar-refractivity contribution in [1.29, 1.82) is 0 Å². The maximum Gasteiger partial charge on any atom is 0.123 e. The molecule has 0 aromatic heterocycles. The van der Waals surface area contributed by atoms with Crippen molar-refractivity contribution in [2.75, 3.05) is 13.6 Å². The standard InChI is InChI=1S/C15H24FN3/c1-17-10-4-2-3-5-14-11-15(19-18-14)12-6-8-13(16)9-7-12/h6-9,14-15,17-19H,2-5,10-11H2,1H3. The first kappa shape index (κ1) is 14.4. The molecule has 2 unspecified atom stereocenters. The van der Waals surface area contributed by atoms with Gasteiger partial charge in [0.25, 0.3) is 0 Å². The SMILES string of the molecule is CNCCCCCC1CC(c2ccc(F)cc2)NN1. The molecule has 0 aliphatic carbocycles. The van der Waals surface area contributed by atoms with Gasteiger partial charge in [-0.15, -0.1) is 0 Å². The van der Waals surface area contributed by atoms with Crippen LogP contribution in [0.3, 0.4) is 0 Å². The zero-order valence-electron chi connectivity index (χ0n) is 11.6. The molecule has 106 valence electrons. The van der Waals surface area contributed by atoms with Gasteiger partial charge in [0.15, 0.2) is 0 Å². The average molecular weight is 265 g/mol. The van der Waals surface area contributed by atoms with Crippen LogP contribution in [0.1, 0.15) is 43.7 Å². The fourth-order valence-corrected chi connectivity index (χ4v) is 2.59. The molecule has 1 heterocycles. The van der Waals surface area contributed by atoms with Crippen molar-refractivity contribution < 1.29 is 4.39 Å². The molecule has 1 saturated heterocycles. The summed E-state index contributed by atoms with van der Waals surface area (Å²) in [5.41, 5.74) is 7.82. The van der Waals surface area contributed by atoms with E-state index in [1.807, 2.05) is 19.2 Å². The first-order valence-corrected chi connectivity index (χ1v) is 7.20. The molecule has 1 fully saturated rings. The molecule has 19 heavy (non-hydrogen) atoms. The molecule has 2 rings (SSSR count). The van der Waals surface area contributed by atoms with Crippen LogP contribution in [-0.2, 0) is 0 Å². The van der Waals surface area contributed by atoms with Crippen LogP contribution >= 0.6 is 0 Å². The highest BCUT2D eigenvalue weighted by Gasteiger charge is 2.24. The number of unbranched alkanes of at least 4 members (excludes halogenated alkanes) is 2. The molecule has 0 saturated carbocycles. The molecule has 1 aliphatic heterocycles. The van der Waals surface area contributed by atoms with Gasteiger partial charge in [0.2, 0.25) is 0 Å². The van der Waals surface area contributed by atoms with Crippen LogP contribution in [0.4, 0.5) is 4.39 Å². The Balaban J connectivity index is 1.69. The number of rotatable bonds is 7. The molecule has 3 nitrogen and oxygen atoms in total. The molecule has 0 bridgehead atoms. The molecule has 1 aromatic rings. The molecular weight excluding hydrogens is 241 g/mol. The molecule has 0 radical (unpaired) electrons. The molecular formula is C15H24FN3. The number of hydrogen-bond donors (Lipinski definition) is 3. The third kappa shape index (κ3) is 4.56. The summed E-state index contributed by atoms with van der Waals surface area (Å²) in [4.78, 5) is 0. The summed E-state index contributed by atoms with van der Waals surface area (Å²) >= 11 is 0. The van der Waals surface area contributed by atoms with Gasteiger partial charge in [-0.05, 0) is 50.6 Å². The van der Waals surface area contributed by atoms with Crippen molar-refractivity contribution in [1.82, 2.24) is 16.2 Å². The van der Waals surface area contributed by atoms with E-state index in [1.54, 1.807) is 0 Å². The van der Waals surface area contributed by atoms with Gasteiger partial charge in [-0.3, -0.25) is 10.9 Å². The quantitative estimate of drug-likeness (QED) is 0.663. The molecule has 1 aromatic carbocycles. The fourth-order valence-electron chi connectivity index (χ4n) is 2.59. The highest BCUT2D eigenvalue weighted by Crippen LogP contribution is 2.24. The minimum absolute atomic E-state index is 0.171. The Morgan fingerprint density at radius 1 is 1.16 bits per heavy atom. The predicted octanol–water partition coefficient (Wildman–Crippen LogP) is 2.51. The third-order valence-corrected chi connectivity index (χ3v) is 3.73. The van der Waals surface area contributed by atoms with Crippen LogP contribution in [0.15, 0.2) is 24.3 Å². The second kappa shape index (κ2) is 7.58. The van der Waals surface area contributed by atoms with E-state index < -0.39 is 0 Å². The van der Waals surface area contributed by atoms with E-state index in [0.29, 0.717) is 12.1 Å². The lowest BCUT2D eigenvalue weighted by Gasteiger charge is -2.09. The summed E-state index contributed by atoms with van der Waals surface area (Å²) in [6.45, 7) is 1.11. The van der Waals surface area contributed by atoms with Crippen molar-refractivity contribution in [2.45, 2.75) is 44.2 Å². The zero-order chi connectivity index (χ0) is 13.5. The number of nitrogens with one attached hydrogen (secondary N) is 3. The van der Waals surface area contributed by atoms with Crippen LogP contribution in [0, 0.1) is 5.82 Å². The van der Waals surface area contributed by atoms with E-state index in [4.69, 9.17) is 0 Å². The van der Waals surface area contributed by atoms with E-state index in [1.165, 1.54) is 37.8 Å². The molecule has 2 atom stereocenters. The Bertz CT molecular complexity index is 366. The summed E-state index contributed by atoms with van der Waals surface area (Å²) < 4.78 is 12.9. The van der Waals surface area contributed by atoms with Crippen molar-refractivity contribution in [3.8, 4) is 0 Å². The number of hydrogen-bond acceptors (Lipinski definition) is 3. The van der Waals surface area contributed by atoms with Gasteiger partial charge >= 0.3 is 0 Å². The van der Waals surface area contributed by atoms with Crippen LogP contribution < -0.4 is 16.2 Å². The highest BCUT2D eigenvalue weighted by molar-refractivity contribution is 5.20. The topological polar surface area (TPSA) is 36.1 Å². The Morgan fingerprint density at radius 3 is 2.68 bits per heavy atom. The van der Waals surface area contributed by atoms with Gasteiger partial charge in [-0.1, -0.05) is 25.0 Å². The minimum Gasteiger partial charge on any atom is -0.320 e. The summed E-state index contributed by atoms with van der Waals surface area (Å²) in [7, 11) is 2.00. The van der Waals surface area contributed by atoms with Crippen LogP contribution in [0.5, 0.6) is 0 Å². The zero-order valence-corrected chi connectivity index (χ0v) is 11.6. The van der Waals surface area contributed by atoms with E-state index in [2.05, 4.69) is 16.2 Å². The second-order valence-electron chi connectivity index (χ2n) is 5.28. The average Bonchev–Trinajstić information content (AvgIpc) is 2.88. The smallest absolute Gasteiger partial charge is 0.123 e.